The number of hydrogen-bond acceptors (Lipinski definition) is 8. The number of methoxy groups -OCH3 is 1. The number of benzene rings is 1. The molecule has 1 aromatic carbocycles. The number of amides is 1. The predicted octanol–water partition coefficient (Wildman–Crippen LogP) is 1.74. The van der Waals surface area contributed by atoms with Gasteiger partial charge >= 0.3 is 11.7 Å². The smallest absolute Gasteiger partial charge is 0.349 e. The number of anilines is 2. The molecule has 12 nitrogen and oxygen atoms in total. The fourth-order valence-electron chi connectivity index (χ4n) is 4.30. The van der Waals surface area contributed by atoms with Crippen LogP contribution in [0.1, 0.15) is 29.4 Å². The summed E-state index contributed by atoms with van der Waals surface area (Å²) in [4.78, 5) is 54.1. The Balaban J connectivity index is 1.81. The number of nitrogens with zero attached hydrogens (tertiary/aromatic N) is 4. The number of nitrogens with one attached hydrogen (secondary N) is 1. The minimum absolute atomic E-state index is 0.00160. The third-order valence-electron chi connectivity index (χ3n) is 6.38. The molecular weight excluding hydrogens is 516 g/mol. The van der Waals surface area contributed by atoms with Gasteiger partial charge in [-0.05, 0) is 44.0 Å². The number of aryl methyl sites for hydroxylation is 1. The average molecular weight is 549 g/mol. The standard InChI is InChI=1S/C28H32N6O6/c1-5-32(24-25(30)34(28(38)31-26(24)36)16-20-9-7-6-8-10-20)23(35)17-40-27(37)22(15-29)14-21-13-18(2)33(19(21)3)11-12-39-4/h6-10,13-14H,5,11-12,16-17,30H2,1-4H3,(H,31,36,38). The SMILES string of the molecule is CCN(C(=O)COC(=O)C(C#N)=Cc1cc(C)n(CCOC)c1C)c1c(N)n(Cc2ccccc2)c(=O)[nH]c1=O. The molecule has 0 bridgehead atoms. The van der Waals surface area contributed by atoms with Crippen LogP contribution in [0.2, 0.25) is 0 Å². The molecule has 3 rings (SSSR count). The zero-order valence-corrected chi connectivity index (χ0v) is 22.9. The summed E-state index contributed by atoms with van der Waals surface area (Å²) in [7, 11) is 1.60. The maximum atomic E-state index is 13.0. The Labute approximate surface area is 230 Å². The first-order valence-corrected chi connectivity index (χ1v) is 12.5. The Morgan fingerprint density at radius 1 is 1.18 bits per heavy atom. The van der Waals surface area contributed by atoms with Crippen molar-refractivity contribution < 1.29 is 19.1 Å². The number of likely N-dealkylation sites (N-methyl/N-ethyl adjacent to an activating group) is 1. The van der Waals surface area contributed by atoms with E-state index in [2.05, 4.69) is 4.98 Å². The van der Waals surface area contributed by atoms with Crippen LogP contribution in [0, 0.1) is 25.2 Å². The third kappa shape index (κ3) is 6.57. The maximum absolute atomic E-state index is 13.0. The molecule has 3 aromatic rings. The van der Waals surface area contributed by atoms with Gasteiger partial charge in [0.1, 0.15) is 17.5 Å². The molecule has 0 saturated carbocycles. The number of rotatable bonds is 11. The highest BCUT2D eigenvalue weighted by molar-refractivity contribution is 6.01. The van der Waals surface area contributed by atoms with E-state index in [1.165, 1.54) is 6.08 Å². The minimum Gasteiger partial charge on any atom is -0.451 e. The first-order chi connectivity index (χ1) is 19.1. The van der Waals surface area contributed by atoms with E-state index in [1.807, 2.05) is 36.6 Å². The number of hydrogen-bond donors (Lipinski definition) is 2. The Hall–Kier alpha value is -4.89. The lowest BCUT2D eigenvalue weighted by atomic mass is 10.1. The molecule has 0 saturated heterocycles. The molecule has 0 atom stereocenters. The van der Waals surface area contributed by atoms with Crippen LogP contribution in [0.3, 0.4) is 0 Å². The number of carbonyl (C=O) groups is 2. The van der Waals surface area contributed by atoms with Crippen LogP contribution >= 0.6 is 0 Å². The van der Waals surface area contributed by atoms with Crippen molar-refractivity contribution in [3.05, 3.63) is 85.3 Å². The summed E-state index contributed by atoms with van der Waals surface area (Å²) in [6.45, 7) is 5.78. The lowest BCUT2D eigenvalue weighted by Crippen LogP contribution is -2.42. The van der Waals surface area contributed by atoms with Crippen molar-refractivity contribution in [3.8, 4) is 6.07 Å². The van der Waals surface area contributed by atoms with Crippen LogP contribution in [0.15, 0.2) is 51.6 Å². The van der Waals surface area contributed by atoms with Crippen molar-refractivity contribution >= 4 is 29.5 Å². The second-order valence-electron chi connectivity index (χ2n) is 8.92. The van der Waals surface area contributed by atoms with E-state index in [9.17, 15) is 24.4 Å². The first-order valence-electron chi connectivity index (χ1n) is 12.5. The molecule has 40 heavy (non-hydrogen) atoms. The van der Waals surface area contributed by atoms with Gasteiger partial charge in [-0.1, -0.05) is 30.3 Å². The van der Waals surface area contributed by atoms with Crippen molar-refractivity contribution in [2.75, 3.05) is 37.5 Å². The van der Waals surface area contributed by atoms with Gasteiger partial charge in [-0.2, -0.15) is 5.26 Å². The predicted molar refractivity (Wildman–Crippen MR) is 150 cm³/mol. The van der Waals surface area contributed by atoms with Gasteiger partial charge in [-0.15, -0.1) is 0 Å². The van der Waals surface area contributed by atoms with Crippen LogP contribution < -0.4 is 21.9 Å². The van der Waals surface area contributed by atoms with E-state index in [0.717, 1.165) is 26.4 Å². The van der Waals surface area contributed by atoms with Crippen molar-refractivity contribution in [2.45, 2.75) is 33.9 Å². The van der Waals surface area contributed by atoms with Crippen molar-refractivity contribution in [1.29, 1.82) is 5.26 Å². The molecule has 0 aliphatic heterocycles. The van der Waals surface area contributed by atoms with Crippen molar-refractivity contribution in [3.63, 3.8) is 0 Å². The Morgan fingerprint density at radius 3 is 2.50 bits per heavy atom. The van der Waals surface area contributed by atoms with Crippen molar-refractivity contribution in [1.82, 2.24) is 14.1 Å². The topological polar surface area (TPSA) is 165 Å². The van der Waals surface area contributed by atoms with E-state index in [0.29, 0.717) is 18.7 Å². The van der Waals surface area contributed by atoms with Gasteiger partial charge in [0.05, 0.1) is 13.2 Å². The van der Waals surface area contributed by atoms with Crippen LogP contribution in [0.5, 0.6) is 0 Å². The zero-order chi connectivity index (χ0) is 29.4. The molecule has 0 radical (unpaired) electrons. The molecule has 0 aliphatic carbocycles. The molecule has 2 heterocycles. The molecule has 0 aliphatic rings. The van der Waals surface area contributed by atoms with Crippen molar-refractivity contribution in [2.24, 2.45) is 0 Å². The van der Waals surface area contributed by atoms with E-state index < -0.39 is 29.7 Å². The minimum atomic E-state index is -0.996. The number of nitriles is 1. The first kappa shape index (κ1) is 29.7. The lowest BCUT2D eigenvalue weighted by Gasteiger charge is -2.23. The third-order valence-corrected chi connectivity index (χ3v) is 6.38. The Morgan fingerprint density at radius 2 is 1.88 bits per heavy atom. The molecular formula is C28H32N6O6. The normalized spacial score (nSPS) is 11.2. The highest BCUT2D eigenvalue weighted by atomic mass is 16.5. The number of nitrogens with two attached hydrogens (primary N) is 1. The second-order valence-corrected chi connectivity index (χ2v) is 8.92. The number of H-pyrrole nitrogens is 1. The summed E-state index contributed by atoms with van der Waals surface area (Å²) in [6.07, 6.45) is 1.40. The highest BCUT2D eigenvalue weighted by Gasteiger charge is 2.25. The summed E-state index contributed by atoms with van der Waals surface area (Å²) in [6, 6.07) is 12.6. The Kier molecular flexibility index (Phi) is 9.83. The quantitative estimate of drug-likeness (QED) is 0.208. The molecule has 0 spiro atoms. The number of aromatic amines is 1. The van der Waals surface area contributed by atoms with Gasteiger partial charge in [-0.25, -0.2) is 9.59 Å². The molecule has 3 N–H and O–H groups in total. The molecule has 12 heteroatoms. The molecule has 2 aromatic heterocycles. The average Bonchev–Trinajstić information content (AvgIpc) is 3.21. The highest BCUT2D eigenvalue weighted by Crippen LogP contribution is 2.20. The van der Waals surface area contributed by atoms with Crippen LogP contribution in [0.25, 0.3) is 6.08 Å². The van der Waals surface area contributed by atoms with Crippen LogP contribution in [-0.2, 0) is 32.2 Å². The van der Waals surface area contributed by atoms with Crippen LogP contribution in [0.4, 0.5) is 11.5 Å². The second kappa shape index (κ2) is 13.3. The maximum Gasteiger partial charge on any atom is 0.349 e. The molecule has 1 amide bonds. The zero-order valence-electron chi connectivity index (χ0n) is 22.9. The summed E-state index contributed by atoms with van der Waals surface area (Å²) in [5.74, 6) is -1.96. The van der Waals surface area contributed by atoms with Gasteiger partial charge in [0.25, 0.3) is 11.5 Å². The fourth-order valence-corrected chi connectivity index (χ4v) is 4.30. The lowest BCUT2D eigenvalue weighted by molar-refractivity contribution is -0.143. The van der Waals surface area contributed by atoms with E-state index >= 15 is 0 Å². The number of nitrogen functional groups attached to an aromatic ring is 1. The fraction of sp³-hybridized carbons (Fsp3) is 0.321. The summed E-state index contributed by atoms with van der Waals surface area (Å²) in [5.41, 5.74) is 7.26. The molecule has 0 unspecified atom stereocenters. The van der Waals surface area contributed by atoms with E-state index in [-0.39, 0.29) is 30.2 Å². The van der Waals surface area contributed by atoms with Gasteiger partial charge < -0.3 is 24.7 Å². The van der Waals surface area contributed by atoms with Gasteiger partial charge in [-0.3, -0.25) is 19.1 Å². The molecule has 210 valence electrons. The summed E-state index contributed by atoms with van der Waals surface area (Å²) >= 11 is 0. The van der Waals surface area contributed by atoms with Gasteiger partial charge in [0, 0.05) is 31.6 Å². The Bertz CT molecular complexity index is 1580. The van der Waals surface area contributed by atoms with Gasteiger partial charge in [0.2, 0.25) is 0 Å². The van der Waals surface area contributed by atoms with Crippen LogP contribution in [-0.4, -0.2) is 52.9 Å². The monoisotopic (exact) mass is 548 g/mol. The summed E-state index contributed by atoms with van der Waals surface area (Å²) in [5, 5.41) is 9.58. The number of ether oxygens (including phenoxy) is 2. The summed E-state index contributed by atoms with van der Waals surface area (Å²) < 4.78 is 13.4. The number of esters is 1. The van der Waals surface area contributed by atoms with E-state index in [4.69, 9.17) is 15.2 Å². The molecule has 0 fully saturated rings. The number of carbonyl (C=O) groups excluding carboxylic acids is 2. The van der Waals surface area contributed by atoms with Gasteiger partial charge in [0.15, 0.2) is 12.3 Å². The largest absolute Gasteiger partial charge is 0.451 e. The number of aromatic nitrogens is 3. The van der Waals surface area contributed by atoms with E-state index in [1.54, 1.807) is 38.3 Å².